The van der Waals surface area contributed by atoms with Crippen LogP contribution in [-0.4, -0.2) is 67.9 Å². The van der Waals surface area contributed by atoms with E-state index in [2.05, 4.69) is 46.8 Å². The summed E-state index contributed by atoms with van der Waals surface area (Å²) >= 11 is 0. The van der Waals surface area contributed by atoms with Gasteiger partial charge in [0, 0.05) is 35.3 Å². The van der Waals surface area contributed by atoms with Gasteiger partial charge in [0.2, 0.25) is 0 Å². The summed E-state index contributed by atoms with van der Waals surface area (Å²) < 4.78 is 47.4. The third kappa shape index (κ3) is 7.67. The lowest BCUT2D eigenvalue weighted by Gasteiger charge is -2.33. The van der Waals surface area contributed by atoms with E-state index in [1.807, 2.05) is 13.0 Å². The number of methoxy groups -OCH3 is 1. The number of amides is 1. The van der Waals surface area contributed by atoms with Crippen LogP contribution in [0.15, 0.2) is 42.5 Å². The molecule has 0 radical (unpaired) electrons. The molecule has 2 aromatic carbocycles. The van der Waals surface area contributed by atoms with E-state index in [4.69, 9.17) is 4.74 Å². The van der Waals surface area contributed by atoms with Gasteiger partial charge >= 0.3 is 6.18 Å². The molecule has 0 saturated heterocycles. The number of halogens is 3. The van der Waals surface area contributed by atoms with Crippen LogP contribution in [0.1, 0.15) is 48.7 Å². The Labute approximate surface area is 239 Å². The van der Waals surface area contributed by atoms with Crippen LogP contribution in [0.2, 0.25) is 0 Å². The Morgan fingerprint density at radius 1 is 1.10 bits per heavy atom. The van der Waals surface area contributed by atoms with E-state index in [0.717, 1.165) is 36.8 Å². The topological polar surface area (TPSA) is 70.6 Å². The van der Waals surface area contributed by atoms with Gasteiger partial charge in [-0.3, -0.25) is 4.79 Å². The Hall–Kier alpha value is -3.84. The zero-order valence-electron chi connectivity index (χ0n) is 24.0. The summed E-state index contributed by atoms with van der Waals surface area (Å²) in [4.78, 5) is 14.4. The first-order valence-corrected chi connectivity index (χ1v) is 13.9. The molecule has 0 bridgehead atoms. The minimum atomic E-state index is -4.40. The molecule has 3 aromatic rings. The highest BCUT2D eigenvalue weighted by molar-refractivity contribution is 5.95. The predicted octanol–water partition coefficient (Wildman–Crippen LogP) is 5.71. The van der Waals surface area contributed by atoms with Crippen LogP contribution in [0.4, 0.5) is 24.5 Å². The summed E-state index contributed by atoms with van der Waals surface area (Å²) in [6.45, 7) is 1.40. The molecule has 1 aliphatic rings. The number of ether oxygens (including phenoxy) is 1. The fourth-order valence-electron chi connectivity index (χ4n) is 5.34. The minimum Gasteiger partial charge on any atom is -0.495 e. The standard InChI is InChI=1S/C31H38F3N5O2/c1-5-35-30(40)21-11-16-27(29(18-21)41-4)36-17-7-8-24-19-25-26(37-22-12-14-23(15-13-22)38(2)3)9-6-10-28(25)39(24)20-31(32,33)34/h6,9-11,16,18-19,22-23,36-37H,5,12-15,17,20H2,1-4H3,(H,35,40)/t22-,23+. The number of anilines is 2. The molecule has 1 saturated carbocycles. The molecule has 41 heavy (non-hydrogen) atoms. The molecule has 0 aliphatic heterocycles. The first kappa shape index (κ1) is 30.1. The number of carbonyl (C=O) groups is 1. The summed E-state index contributed by atoms with van der Waals surface area (Å²) in [5.41, 5.74) is 2.71. The van der Waals surface area contributed by atoms with Crippen molar-refractivity contribution in [1.82, 2.24) is 14.8 Å². The Bertz CT molecular complexity index is 1410. The first-order valence-electron chi connectivity index (χ1n) is 13.9. The highest BCUT2D eigenvalue weighted by Crippen LogP contribution is 2.32. The number of carbonyl (C=O) groups excluding carboxylic acids is 1. The molecule has 7 nitrogen and oxygen atoms in total. The molecule has 10 heteroatoms. The number of alkyl halides is 3. The van der Waals surface area contributed by atoms with Crippen LogP contribution in [0.25, 0.3) is 10.9 Å². The van der Waals surface area contributed by atoms with Crippen molar-refractivity contribution in [2.45, 2.75) is 57.4 Å². The highest BCUT2D eigenvalue weighted by atomic mass is 19.4. The van der Waals surface area contributed by atoms with Crippen LogP contribution < -0.4 is 20.7 Å². The van der Waals surface area contributed by atoms with Crippen molar-refractivity contribution >= 4 is 28.2 Å². The maximum atomic E-state index is 13.6. The predicted molar refractivity (Wildman–Crippen MR) is 158 cm³/mol. The number of fused-ring (bicyclic) bond motifs is 1. The van der Waals surface area contributed by atoms with Gasteiger partial charge in [-0.25, -0.2) is 0 Å². The third-order valence-corrected chi connectivity index (χ3v) is 7.45. The maximum Gasteiger partial charge on any atom is 0.406 e. The number of nitrogens with one attached hydrogen (secondary N) is 3. The summed E-state index contributed by atoms with van der Waals surface area (Å²) in [5, 5.41) is 10.2. The van der Waals surface area contributed by atoms with Gasteiger partial charge in [0.05, 0.1) is 30.6 Å². The van der Waals surface area contributed by atoms with Crippen molar-refractivity contribution < 1.29 is 22.7 Å². The van der Waals surface area contributed by atoms with Crippen LogP contribution in [0.3, 0.4) is 0 Å². The molecular weight excluding hydrogens is 531 g/mol. The molecule has 1 fully saturated rings. The van der Waals surface area contributed by atoms with Crippen molar-refractivity contribution in [2.24, 2.45) is 0 Å². The van der Waals surface area contributed by atoms with E-state index in [1.165, 1.54) is 11.7 Å². The normalized spacial score (nSPS) is 17.2. The van der Waals surface area contributed by atoms with Gasteiger partial charge in [-0.2, -0.15) is 13.2 Å². The van der Waals surface area contributed by atoms with Crippen LogP contribution in [0.5, 0.6) is 5.75 Å². The molecule has 1 heterocycles. The number of hydrogen-bond acceptors (Lipinski definition) is 5. The average Bonchev–Trinajstić information content (AvgIpc) is 3.28. The van der Waals surface area contributed by atoms with Crippen molar-refractivity contribution in [3.05, 3.63) is 53.7 Å². The molecule has 0 atom stereocenters. The van der Waals surface area contributed by atoms with Crippen LogP contribution in [0, 0.1) is 11.8 Å². The fraction of sp³-hybridized carbons (Fsp3) is 0.452. The number of aromatic nitrogens is 1. The van der Waals surface area contributed by atoms with Crippen LogP contribution >= 0.6 is 0 Å². The van der Waals surface area contributed by atoms with Gasteiger partial charge in [0.1, 0.15) is 12.3 Å². The average molecular weight is 570 g/mol. The summed E-state index contributed by atoms with van der Waals surface area (Å²) in [7, 11) is 5.70. The second-order valence-corrected chi connectivity index (χ2v) is 10.5. The third-order valence-electron chi connectivity index (χ3n) is 7.45. The Balaban J connectivity index is 1.54. The van der Waals surface area contributed by atoms with Gasteiger partial charge < -0.3 is 30.2 Å². The number of hydrogen-bond donors (Lipinski definition) is 3. The van der Waals surface area contributed by atoms with Crippen molar-refractivity contribution in [2.75, 3.05) is 44.9 Å². The maximum absolute atomic E-state index is 13.6. The lowest BCUT2D eigenvalue weighted by molar-refractivity contribution is -0.140. The summed E-state index contributed by atoms with van der Waals surface area (Å²) in [6, 6.07) is 13.0. The summed E-state index contributed by atoms with van der Waals surface area (Å²) in [5.74, 6) is 6.16. The van der Waals surface area contributed by atoms with Gasteiger partial charge in [0.25, 0.3) is 5.91 Å². The van der Waals surface area contributed by atoms with E-state index >= 15 is 0 Å². The van der Waals surface area contributed by atoms with Crippen molar-refractivity contribution in [3.8, 4) is 17.6 Å². The van der Waals surface area contributed by atoms with E-state index in [9.17, 15) is 18.0 Å². The molecular formula is C31H38F3N5O2. The van der Waals surface area contributed by atoms with Gasteiger partial charge in [-0.05, 0) is 89.0 Å². The molecule has 4 rings (SSSR count). The lowest BCUT2D eigenvalue weighted by atomic mass is 9.90. The zero-order chi connectivity index (χ0) is 29.6. The minimum absolute atomic E-state index is 0.171. The lowest BCUT2D eigenvalue weighted by Crippen LogP contribution is -2.36. The monoisotopic (exact) mass is 569 g/mol. The Kier molecular flexibility index (Phi) is 9.71. The van der Waals surface area contributed by atoms with Crippen molar-refractivity contribution in [1.29, 1.82) is 0 Å². The Morgan fingerprint density at radius 3 is 2.51 bits per heavy atom. The molecule has 3 N–H and O–H groups in total. The fourth-order valence-corrected chi connectivity index (χ4v) is 5.34. The van der Waals surface area contributed by atoms with E-state index in [1.54, 1.807) is 36.4 Å². The number of nitrogens with zero attached hydrogens (tertiary/aromatic N) is 2. The SMILES string of the molecule is CCNC(=O)c1ccc(NCC#Cc2cc3c(N[C@H]4CC[C@@H](N(C)C)CC4)cccc3n2CC(F)(F)F)c(OC)c1. The van der Waals surface area contributed by atoms with E-state index < -0.39 is 12.7 Å². The smallest absolute Gasteiger partial charge is 0.406 e. The van der Waals surface area contributed by atoms with Crippen LogP contribution in [-0.2, 0) is 6.54 Å². The molecule has 1 aliphatic carbocycles. The number of benzene rings is 2. The van der Waals surface area contributed by atoms with E-state index in [0.29, 0.717) is 40.8 Å². The van der Waals surface area contributed by atoms with E-state index in [-0.39, 0.29) is 18.5 Å². The molecule has 1 aromatic heterocycles. The zero-order valence-corrected chi connectivity index (χ0v) is 24.0. The second kappa shape index (κ2) is 13.2. The first-order chi connectivity index (χ1) is 19.6. The molecule has 220 valence electrons. The van der Waals surface area contributed by atoms with Gasteiger partial charge in [-0.15, -0.1) is 0 Å². The van der Waals surface area contributed by atoms with Crippen molar-refractivity contribution in [3.63, 3.8) is 0 Å². The number of rotatable bonds is 9. The quantitative estimate of drug-likeness (QED) is 0.288. The largest absolute Gasteiger partial charge is 0.495 e. The molecule has 0 spiro atoms. The molecule has 0 unspecified atom stereocenters. The Morgan fingerprint density at radius 2 is 1.85 bits per heavy atom. The summed E-state index contributed by atoms with van der Waals surface area (Å²) in [6.07, 6.45) is -0.214. The highest BCUT2D eigenvalue weighted by Gasteiger charge is 2.30. The molecule has 1 amide bonds. The van der Waals surface area contributed by atoms with Gasteiger partial charge in [0.15, 0.2) is 0 Å². The van der Waals surface area contributed by atoms with Gasteiger partial charge in [-0.1, -0.05) is 12.0 Å². The second-order valence-electron chi connectivity index (χ2n) is 10.5.